The van der Waals surface area contributed by atoms with E-state index in [1.54, 1.807) is 18.3 Å². The van der Waals surface area contributed by atoms with Crippen molar-refractivity contribution < 1.29 is 17.5 Å². The molecule has 3 N–H and O–H groups in total. The van der Waals surface area contributed by atoms with Gasteiger partial charge in [0.1, 0.15) is 11.5 Å². The molecule has 0 amide bonds. The summed E-state index contributed by atoms with van der Waals surface area (Å²) >= 11 is 0. The van der Waals surface area contributed by atoms with E-state index in [4.69, 9.17) is 5.73 Å². The first-order valence-corrected chi connectivity index (χ1v) is 10.6. The SMILES string of the molecule is CC(C)CC1(CN)CCCN(c2ccc(C(F)(F)F)c(-c3[nH]nc4ncccc34)n2)C1.[HH].[HH].[HH]. The third-order valence-corrected chi connectivity index (χ3v) is 6.01. The number of nitrogens with one attached hydrogen (secondary N) is 1. The van der Waals surface area contributed by atoms with Gasteiger partial charge in [-0.3, -0.25) is 5.10 Å². The zero-order chi connectivity index (χ0) is 22.2. The lowest BCUT2D eigenvalue weighted by Gasteiger charge is -2.44. The molecule has 0 saturated carbocycles. The second-order valence-corrected chi connectivity index (χ2v) is 8.86. The maximum absolute atomic E-state index is 13.8. The predicted octanol–water partition coefficient (Wildman–Crippen LogP) is 5.37. The van der Waals surface area contributed by atoms with E-state index >= 15 is 0 Å². The molecule has 0 radical (unpaired) electrons. The Hall–Kier alpha value is -2.68. The molecule has 31 heavy (non-hydrogen) atoms. The summed E-state index contributed by atoms with van der Waals surface area (Å²) in [5.74, 6) is 1.01. The van der Waals surface area contributed by atoms with Gasteiger partial charge in [0, 0.05) is 34.4 Å². The standard InChI is InChI=1S/C22H27F3N6.3H2/c1-14(2)11-21(12-26)8-4-10-31(13-21)17-7-6-16(22(23,24)25)19(28-17)18-15-5-3-9-27-20(15)30-29-18;;;/h3,5-7,9,14H,4,8,10-13,26H2,1-2H3,(H,27,29,30);3*1H. The van der Waals surface area contributed by atoms with Crippen LogP contribution in [0.5, 0.6) is 0 Å². The van der Waals surface area contributed by atoms with Gasteiger partial charge in [-0.15, -0.1) is 0 Å². The molecule has 1 aliphatic rings. The lowest BCUT2D eigenvalue weighted by Crippen LogP contribution is -2.48. The van der Waals surface area contributed by atoms with Gasteiger partial charge in [-0.05, 0) is 56.0 Å². The number of anilines is 1. The molecule has 3 aromatic heterocycles. The molecule has 1 unspecified atom stereocenters. The third-order valence-electron chi connectivity index (χ3n) is 6.01. The fourth-order valence-electron chi connectivity index (χ4n) is 4.76. The molecule has 1 aliphatic heterocycles. The number of aromatic amines is 1. The molecule has 172 valence electrons. The van der Waals surface area contributed by atoms with E-state index in [1.807, 2.05) is 0 Å². The van der Waals surface area contributed by atoms with Crippen molar-refractivity contribution >= 4 is 16.9 Å². The minimum absolute atomic E-state index is 0. The smallest absolute Gasteiger partial charge is 0.356 e. The second kappa shape index (κ2) is 8.11. The summed E-state index contributed by atoms with van der Waals surface area (Å²) < 4.78 is 41.4. The number of hydrogen-bond donors (Lipinski definition) is 2. The maximum Gasteiger partial charge on any atom is 0.418 e. The van der Waals surface area contributed by atoms with Gasteiger partial charge in [-0.25, -0.2) is 9.97 Å². The van der Waals surface area contributed by atoms with E-state index in [9.17, 15) is 13.2 Å². The van der Waals surface area contributed by atoms with Gasteiger partial charge in [-0.2, -0.15) is 18.3 Å². The number of piperidine rings is 1. The number of halogens is 3. The molecule has 1 saturated heterocycles. The van der Waals surface area contributed by atoms with E-state index in [0.29, 0.717) is 35.9 Å². The number of fused-ring (bicyclic) bond motifs is 1. The molecule has 4 heterocycles. The van der Waals surface area contributed by atoms with Crippen molar-refractivity contribution in [3.8, 4) is 11.4 Å². The van der Waals surface area contributed by atoms with Gasteiger partial charge in [-0.1, -0.05) is 13.8 Å². The highest BCUT2D eigenvalue weighted by molar-refractivity contribution is 5.90. The number of nitrogens with zero attached hydrogens (tertiary/aromatic N) is 4. The largest absolute Gasteiger partial charge is 0.418 e. The Morgan fingerprint density at radius 3 is 2.81 bits per heavy atom. The quantitative estimate of drug-likeness (QED) is 0.560. The van der Waals surface area contributed by atoms with Crippen LogP contribution in [0.25, 0.3) is 22.4 Å². The predicted molar refractivity (Wildman–Crippen MR) is 121 cm³/mol. The van der Waals surface area contributed by atoms with Crippen LogP contribution in [-0.2, 0) is 6.18 Å². The van der Waals surface area contributed by atoms with Crippen LogP contribution < -0.4 is 10.6 Å². The molecule has 0 aliphatic carbocycles. The van der Waals surface area contributed by atoms with E-state index < -0.39 is 11.7 Å². The summed E-state index contributed by atoms with van der Waals surface area (Å²) in [6, 6.07) is 5.94. The number of aromatic nitrogens is 4. The van der Waals surface area contributed by atoms with E-state index in [1.165, 1.54) is 6.07 Å². The number of hydrogen-bond acceptors (Lipinski definition) is 5. The fourth-order valence-corrected chi connectivity index (χ4v) is 4.76. The highest BCUT2D eigenvalue weighted by atomic mass is 19.4. The minimum Gasteiger partial charge on any atom is -0.356 e. The fraction of sp³-hybridized carbons (Fsp3) is 0.500. The molecular weight excluding hydrogens is 405 g/mol. The zero-order valence-electron chi connectivity index (χ0n) is 17.7. The Kier molecular flexibility index (Phi) is 5.63. The lowest BCUT2D eigenvalue weighted by molar-refractivity contribution is -0.137. The number of H-pyrrole nitrogens is 1. The Labute approximate surface area is 183 Å². The molecular formula is C22H33F3N6. The molecule has 9 heteroatoms. The molecule has 4 rings (SSSR count). The van der Waals surface area contributed by atoms with Gasteiger partial charge in [0.25, 0.3) is 0 Å². The van der Waals surface area contributed by atoms with Crippen LogP contribution in [0.4, 0.5) is 19.0 Å². The average Bonchev–Trinajstić information content (AvgIpc) is 3.16. The van der Waals surface area contributed by atoms with Crippen molar-refractivity contribution in [2.24, 2.45) is 17.1 Å². The van der Waals surface area contributed by atoms with E-state index in [-0.39, 0.29) is 21.1 Å². The summed E-state index contributed by atoms with van der Waals surface area (Å²) in [4.78, 5) is 10.7. The third kappa shape index (κ3) is 4.23. The normalized spacial score (nSPS) is 20.0. The first kappa shape index (κ1) is 21.5. The van der Waals surface area contributed by atoms with Crippen LogP contribution >= 0.6 is 0 Å². The van der Waals surface area contributed by atoms with Gasteiger partial charge in [0.15, 0.2) is 5.65 Å². The average molecular weight is 439 g/mol. The Bertz CT molecular complexity index is 1080. The highest BCUT2D eigenvalue weighted by Crippen LogP contribution is 2.40. The molecule has 1 fully saturated rings. The van der Waals surface area contributed by atoms with Gasteiger partial charge < -0.3 is 10.6 Å². The minimum atomic E-state index is -4.54. The van der Waals surface area contributed by atoms with Gasteiger partial charge in [0.05, 0.1) is 11.3 Å². The lowest BCUT2D eigenvalue weighted by atomic mass is 9.74. The topological polar surface area (TPSA) is 83.7 Å². The number of rotatable bonds is 5. The Morgan fingerprint density at radius 2 is 2.10 bits per heavy atom. The van der Waals surface area contributed by atoms with Gasteiger partial charge >= 0.3 is 6.18 Å². The zero-order valence-corrected chi connectivity index (χ0v) is 17.7. The molecule has 0 bridgehead atoms. The van der Waals surface area contributed by atoms with Crippen molar-refractivity contribution in [3.63, 3.8) is 0 Å². The van der Waals surface area contributed by atoms with Crippen molar-refractivity contribution in [2.45, 2.75) is 39.3 Å². The van der Waals surface area contributed by atoms with Crippen LogP contribution in [-0.4, -0.2) is 39.8 Å². The summed E-state index contributed by atoms with van der Waals surface area (Å²) in [6.07, 6.45) is -0.0663. The molecule has 0 spiro atoms. The number of pyridine rings is 2. The summed E-state index contributed by atoms with van der Waals surface area (Å²) in [6.45, 7) is 6.31. The van der Waals surface area contributed by atoms with Crippen LogP contribution in [0.2, 0.25) is 0 Å². The van der Waals surface area contributed by atoms with Crippen molar-refractivity contribution in [1.29, 1.82) is 0 Å². The number of nitrogens with two attached hydrogens (primary N) is 1. The molecule has 6 nitrogen and oxygen atoms in total. The van der Waals surface area contributed by atoms with E-state index in [0.717, 1.165) is 31.9 Å². The molecule has 1 atom stereocenters. The Balaban J connectivity index is 0.00000193. The van der Waals surface area contributed by atoms with Crippen LogP contribution in [0.3, 0.4) is 0 Å². The van der Waals surface area contributed by atoms with Crippen molar-refractivity contribution in [1.82, 2.24) is 20.2 Å². The van der Waals surface area contributed by atoms with Crippen LogP contribution in [0, 0.1) is 11.3 Å². The second-order valence-electron chi connectivity index (χ2n) is 8.86. The molecule has 0 aromatic carbocycles. The monoisotopic (exact) mass is 438 g/mol. The Morgan fingerprint density at radius 1 is 1.29 bits per heavy atom. The number of alkyl halides is 3. The maximum atomic E-state index is 13.8. The van der Waals surface area contributed by atoms with Crippen molar-refractivity contribution in [2.75, 3.05) is 24.5 Å². The van der Waals surface area contributed by atoms with Crippen LogP contribution in [0.1, 0.15) is 43.0 Å². The first-order valence-electron chi connectivity index (χ1n) is 10.6. The van der Waals surface area contributed by atoms with Gasteiger partial charge in [0.2, 0.25) is 0 Å². The summed E-state index contributed by atoms with van der Waals surface area (Å²) in [5.41, 5.74) is 5.73. The summed E-state index contributed by atoms with van der Waals surface area (Å²) in [7, 11) is 0. The van der Waals surface area contributed by atoms with E-state index in [2.05, 4.69) is 38.9 Å². The van der Waals surface area contributed by atoms with Crippen LogP contribution in [0.15, 0.2) is 30.5 Å². The summed E-state index contributed by atoms with van der Waals surface area (Å²) in [5, 5.41) is 7.28. The van der Waals surface area contributed by atoms with Crippen molar-refractivity contribution in [3.05, 3.63) is 36.0 Å². The first-order chi connectivity index (χ1) is 14.7. The highest BCUT2D eigenvalue weighted by Gasteiger charge is 2.38. The molecule has 3 aromatic rings.